The first kappa shape index (κ1) is 34.3. The summed E-state index contributed by atoms with van der Waals surface area (Å²) >= 11 is 0. The third kappa shape index (κ3) is 20.3. The van der Waals surface area contributed by atoms with Crippen molar-refractivity contribution in [1.82, 2.24) is 10.6 Å². The predicted molar refractivity (Wildman–Crippen MR) is 132 cm³/mol. The van der Waals surface area contributed by atoms with Crippen LogP contribution in [0.15, 0.2) is 77.9 Å². The first-order valence-electron chi connectivity index (χ1n) is 9.53. The summed E-state index contributed by atoms with van der Waals surface area (Å²) in [5.74, 6) is 0. The van der Waals surface area contributed by atoms with Crippen LogP contribution in [0.5, 0.6) is 0 Å². The summed E-state index contributed by atoms with van der Waals surface area (Å²) in [6, 6.07) is 10.5. The average molecular weight is 405 g/mol. The number of hydrogen-bond acceptors (Lipinski definition) is 3. The van der Waals surface area contributed by atoms with Gasteiger partial charge in [0.2, 0.25) is 0 Å². The van der Waals surface area contributed by atoms with Gasteiger partial charge in [0.15, 0.2) is 0 Å². The molecule has 0 saturated heterocycles. The van der Waals surface area contributed by atoms with Gasteiger partial charge in [-0.05, 0) is 57.1 Å². The van der Waals surface area contributed by atoms with Crippen molar-refractivity contribution < 1.29 is 10.3 Å². The number of carbonyl (C=O) groups is 1. The van der Waals surface area contributed by atoms with E-state index in [1.807, 2.05) is 27.0 Å². The van der Waals surface area contributed by atoms with E-state index in [1.165, 1.54) is 16.7 Å². The van der Waals surface area contributed by atoms with Gasteiger partial charge in [-0.3, -0.25) is 0 Å². The molecule has 0 saturated carbocycles. The Morgan fingerprint density at radius 2 is 1.69 bits per heavy atom. The van der Waals surface area contributed by atoms with Crippen LogP contribution < -0.4 is 10.6 Å². The Hall–Kier alpha value is -2.27. The number of nitrogens with one attached hydrogen (secondary N) is 2. The van der Waals surface area contributed by atoms with Gasteiger partial charge in [-0.1, -0.05) is 88.1 Å². The molecule has 29 heavy (non-hydrogen) atoms. The highest BCUT2D eigenvalue weighted by Crippen LogP contribution is 2.16. The predicted octanol–water partition coefficient (Wildman–Crippen LogP) is 4.70. The normalized spacial score (nSPS) is 12.6. The van der Waals surface area contributed by atoms with E-state index in [0.717, 1.165) is 25.9 Å². The van der Waals surface area contributed by atoms with E-state index < -0.39 is 0 Å². The lowest BCUT2D eigenvalue weighted by Crippen LogP contribution is -2.16. The van der Waals surface area contributed by atoms with Crippen LogP contribution in [0.2, 0.25) is 0 Å². The van der Waals surface area contributed by atoms with Crippen molar-refractivity contribution in [1.29, 1.82) is 0 Å². The average Bonchev–Trinajstić information content (AvgIpc) is 2.75. The molecule has 0 aliphatic heterocycles. The monoisotopic (exact) mass is 404 g/mol. The summed E-state index contributed by atoms with van der Waals surface area (Å²) < 4.78 is 0. The van der Waals surface area contributed by atoms with Crippen molar-refractivity contribution >= 4 is 6.79 Å². The molecule has 4 heteroatoms. The van der Waals surface area contributed by atoms with Crippen LogP contribution in [-0.2, 0) is 11.2 Å². The molecular weight excluding hydrogens is 360 g/mol. The van der Waals surface area contributed by atoms with Gasteiger partial charge < -0.3 is 20.9 Å². The molecule has 1 aliphatic carbocycles. The lowest BCUT2D eigenvalue weighted by Gasteiger charge is -2.10. The number of allylic oxidation sites excluding steroid dienone is 6. The minimum atomic E-state index is 0. The molecule has 0 heterocycles. The van der Waals surface area contributed by atoms with Gasteiger partial charge in [0.25, 0.3) is 0 Å². The van der Waals surface area contributed by atoms with Crippen molar-refractivity contribution in [3.05, 3.63) is 83.5 Å². The lowest BCUT2D eigenvalue weighted by atomic mass is 10.0. The molecule has 0 amide bonds. The maximum atomic E-state index is 8.00. The van der Waals surface area contributed by atoms with Gasteiger partial charge >= 0.3 is 0 Å². The summed E-state index contributed by atoms with van der Waals surface area (Å²) in [5.41, 5.74) is 4.23. The molecule has 0 radical (unpaired) electrons. The molecule has 0 atom stereocenters. The Bertz CT molecular complexity index is 561. The number of benzene rings is 1. The molecule has 1 aromatic rings. The minimum Gasteiger partial charge on any atom is -0.412 e. The standard InChI is InChI=1S/C13H19N.C8H10.C2H7N.CH2O.CH4.H2O/c1-3-8-13(11-14-4-2)12-9-6-5-7-10-12;1-2-8-6-4-3-5-7-8;1-3-2;1-2;;/h3,5-9,14H,4,10-11H2,1-2H3;3-7H,2H2,1H3;3H,1-2H3;1H2;1H4;1H2/b8-3-,13-12+;;;;;. The van der Waals surface area contributed by atoms with E-state index in [1.54, 1.807) is 0 Å². The summed E-state index contributed by atoms with van der Waals surface area (Å²) in [4.78, 5) is 8.00. The van der Waals surface area contributed by atoms with Crippen LogP contribution >= 0.6 is 0 Å². The second kappa shape index (κ2) is 27.9. The fraction of sp³-hybridized carbons (Fsp3) is 0.400. The number of likely N-dealkylation sites (N-methyl/N-ethyl adjacent to an activating group) is 1. The number of rotatable bonds is 5. The Morgan fingerprint density at radius 3 is 2.07 bits per heavy atom. The molecule has 0 aromatic heterocycles. The minimum absolute atomic E-state index is 0. The number of carbonyl (C=O) groups excluding carboxylic acids is 1. The van der Waals surface area contributed by atoms with Gasteiger partial charge in [0.05, 0.1) is 0 Å². The lowest BCUT2D eigenvalue weighted by molar-refractivity contribution is -0.0979. The molecule has 0 spiro atoms. The third-order valence-corrected chi connectivity index (χ3v) is 3.48. The first-order valence-corrected chi connectivity index (χ1v) is 9.53. The van der Waals surface area contributed by atoms with E-state index in [0.29, 0.717) is 0 Å². The molecule has 2 rings (SSSR count). The van der Waals surface area contributed by atoms with Crippen molar-refractivity contribution in [3.8, 4) is 0 Å². The van der Waals surface area contributed by atoms with Crippen LogP contribution in [0.4, 0.5) is 0 Å². The molecule has 0 fully saturated rings. The Kier molecular flexibility index (Phi) is 33.0. The molecule has 166 valence electrons. The molecule has 4 N–H and O–H groups in total. The largest absolute Gasteiger partial charge is 0.412 e. The van der Waals surface area contributed by atoms with Gasteiger partial charge in [0, 0.05) is 6.54 Å². The van der Waals surface area contributed by atoms with Crippen LogP contribution in [0, 0.1) is 0 Å². The van der Waals surface area contributed by atoms with Crippen molar-refractivity contribution in [2.75, 3.05) is 27.2 Å². The van der Waals surface area contributed by atoms with E-state index in [-0.39, 0.29) is 12.9 Å². The first-order chi connectivity index (χ1) is 13.2. The summed E-state index contributed by atoms with van der Waals surface area (Å²) in [6.45, 7) is 10.3. The third-order valence-electron chi connectivity index (χ3n) is 3.48. The van der Waals surface area contributed by atoms with Crippen molar-refractivity contribution in [2.24, 2.45) is 0 Å². The Morgan fingerprint density at radius 1 is 1.10 bits per heavy atom. The number of aryl methyl sites for hydroxylation is 1. The van der Waals surface area contributed by atoms with Gasteiger partial charge in [-0.2, -0.15) is 0 Å². The molecule has 0 unspecified atom stereocenters. The highest BCUT2D eigenvalue weighted by Gasteiger charge is 2.01. The Balaban J connectivity index is -0.000000179. The maximum Gasteiger partial charge on any atom is 0.106 e. The summed E-state index contributed by atoms with van der Waals surface area (Å²) in [6.07, 6.45) is 15.1. The maximum absolute atomic E-state index is 8.00. The zero-order valence-electron chi connectivity index (χ0n) is 18.3. The van der Waals surface area contributed by atoms with Gasteiger partial charge in [-0.25, -0.2) is 0 Å². The quantitative estimate of drug-likeness (QED) is 0.747. The highest BCUT2D eigenvalue weighted by molar-refractivity contribution is 5.39. The van der Waals surface area contributed by atoms with Crippen LogP contribution in [0.1, 0.15) is 40.2 Å². The smallest absolute Gasteiger partial charge is 0.106 e. The highest BCUT2D eigenvalue weighted by atomic mass is 16.1. The fourth-order valence-electron chi connectivity index (χ4n) is 2.21. The summed E-state index contributed by atoms with van der Waals surface area (Å²) in [7, 11) is 3.75. The zero-order valence-corrected chi connectivity index (χ0v) is 18.3. The SMILES string of the molecule is C.C/C=C\C(CNCC)=C1\C=CC=CC1.C=O.CCc1ccccc1.CNC.O. The van der Waals surface area contributed by atoms with Crippen molar-refractivity contribution in [3.63, 3.8) is 0 Å². The second-order valence-electron chi connectivity index (χ2n) is 5.66. The van der Waals surface area contributed by atoms with Gasteiger partial charge in [0.1, 0.15) is 6.79 Å². The van der Waals surface area contributed by atoms with Crippen LogP contribution in [-0.4, -0.2) is 39.5 Å². The molecule has 4 nitrogen and oxygen atoms in total. The van der Waals surface area contributed by atoms with Crippen LogP contribution in [0.25, 0.3) is 0 Å². The van der Waals surface area contributed by atoms with E-state index in [4.69, 9.17) is 4.79 Å². The van der Waals surface area contributed by atoms with E-state index in [9.17, 15) is 0 Å². The topological polar surface area (TPSA) is 72.6 Å². The zero-order chi connectivity index (χ0) is 20.8. The molecular formula is C25H44N2O2. The Labute approximate surface area is 179 Å². The molecule has 1 aliphatic rings. The second-order valence-corrected chi connectivity index (χ2v) is 5.66. The van der Waals surface area contributed by atoms with Crippen molar-refractivity contribution in [2.45, 2.75) is 41.0 Å². The fourth-order valence-corrected chi connectivity index (χ4v) is 2.21. The summed E-state index contributed by atoms with van der Waals surface area (Å²) in [5, 5.41) is 6.11. The van der Waals surface area contributed by atoms with E-state index >= 15 is 0 Å². The van der Waals surface area contributed by atoms with Crippen LogP contribution in [0.3, 0.4) is 0 Å². The van der Waals surface area contributed by atoms with E-state index in [2.05, 4.69) is 92.1 Å². The number of hydrogen-bond donors (Lipinski definition) is 2. The molecule has 1 aromatic carbocycles. The van der Waals surface area contributed by atoms with Gasteiger partial charge in [-0.15, -0.1) is 0 Å². The molecule has 0 bridgehead atoms.